The van der Waals surface area contributed by atoms with Gasteiger partial charge in [-0.3, -0.25) is 4.79 Å². The fraction of sp³-hybridized carbons (Fsp3) is 0.519. The van der Waals surface area contributed by atoms with Crippen LogP contribution in [0.15, 0.2) is 36.4 Å². The Morgan fingerprint density at radius 2 is 1.94 bits per heavy atom. The number of fused-ring (bicyclic) bond motifs is 4. The van der Waals surface area contributed by atoms with Crippen LogP contribution in [0.25, 0.3) is 0 Å². The Kier molecular flexibility index (Phi) is 4.14. The van der Waals surface area contributed by atoms with Gasteiger partial charge in [-0.25, -0.2) is 0 Å². The van der Waals surface area contributed by atoms with Crippen LogP contribution in [0.3, 0.4) is 0 Å². The van der Waals surface area contributed by atoms with Crippen LogP contribution in [0, 0.1) is 5.92 Å². The fourth-order valence-corrected chi connectivity index (χ4v) is 7.02. The molecule has 4 heterocycles. The molecule has 2 aromatic carbocycles. The van der Waals surface area contributed by atoms with E-state index in [0.717, 1.165) is 44.3 Å². The van der Waals surface area contributed by atoms with E-state index < -0.39 is 0 Å². The van der Waals surface area contributed by atoms with Crippen molar-refractivity contribution in [2.75, 3.05) is 49.1 Å². The quantitative estimate of drug-likeness (QED) is 0.744. The predicted molar refractivity (Wildman–Crippen MR) is 126 cm³/mol. The van der Waals surface area contributed by atoms with Crippen LogP contribution >= 0.6 is 0 Å². The second-order valence-corrected chi connectivity index (χ2v) is 10.3. The maximum Gasteiger partial charge on any atom is 0.223 e. The summed E-state index contributed by atoms with van der Waals surface area (Å²) in [6, 6.07) is 13.9. The molecule has 2 aromatic rings. The molecular weight excluding hydrogens is 398 g/mol. The zero-order valence-electron chi connectivity index (χ0n) is 18.8. The molecule has 5 nitrogen and oxygen atoms in total. The molecule has 1 aliphatic carbocycles. The fourth-order valence-electron chi connectivity index (χ4n) is 7.02. The van der Waals surface area contributed by atoms with Crippen LogP contribution in [-0.2, 0) is 11.2 Å². The Hall–Kier alpha value is -2.53. The number of likely N-dealkylation sites (tertiary alicyclic amines) is 1. The predicted octanol–water partition coefficient (Wildman–Crippen LogP) is 3.77. The molecule has 7 rings (SSSR count). The van der Waals surface area contributed by atoms with Crippen LogP contribution in [0.4, 0.5) is 11.4 Å². The number of para-hydroxylation sites is 2. The Morgan fingerprint density at radius 3 is 2.84 bits per heavy atom. The van der Waals surface area contributed by atoms with Crippen LogP contribution in [-0.4, -0.2) is 56.2 Å². The van der Waals surface area contributed by atoms with Gasteiger partial charge in [0.25, 0.3) is 0 Å². The van der Waals surface area contributed by atoms with Crippen molar-refractivity contribution in [3.8, 4) is 5.75 Å². The third-order valence-corrected chi connectivity index (χ3v) is 8.59. The molecule has 0 radical (unpaired) electrons. The molecule has 4 aliphatic heterocycles. The first-order valence-electron chi connectivity index (χ1n) is 12.3. The second kappa shape index (κ2) is 6.98. The number of hydrogen-bond donors (Lipinski definition) is 0. The molecule has 0 aromatic heterocycles. The van der Waals surface area contributed by atoms with Crippen molar-refractivity contribution in [3.05, 3.63) is 53.1 Å². The summed E-state index contributed by atoms with van der Waals surface area (Å²) in [5.41, 5.74) is 6.79. The number of piperidine rings is 1. The molecule has 32 heavy (non-hydrogen) atoms. The highest BCUT2D eigenvalue weighted by Crippen LogP contribution is 2.54. The van der Waals surface area contributed by atoms with Gasteiger partial charge < -0.3 is 19.4 Å². The van der Waals surface area contributed by atoms with Crippen LogP contribution in [0.2, 0.25) is 0 Å². The number of rotatable bonds is 3. The molecule has 0 N–H and O–H groups in total. The first-order valence-corrected chi connectivity index (χ1v) is 12.3. The molecular formula is C27H31N3O2. The first-order chi connectivity index (χ1) is 15.7. The Balaban J connectivity index is 1.09. The summed E-state index contributed by atoms with van der Waals surface area (Å²) in [5, 5.41) is 0. The van der Waals surface area contributed by atoms with Gasteiger partial charge in [-0.05, 0) is 47.4 Å². The highest BCUT2D eigenvalue weighted by molar-refractivity contribution is 5.98. The number of carbonyl (C=O) groups excluding carboxylic acids is 1. The molecule has 166 valence electrons. The van der Waals surface area contributed by atoms with Gasteiger partial charge >= 0.3 is 0 Å². The van der Waals surface area contributed by atoms with Crippen molar-refractivity contribution in [1.82, 2.24) is 4.90 Å². The highest BCUT2D eigenvalue weighted by Gasteiger charge is 2.47. The van der Waals surface area contributed by atoms with E-state index in [1.807, 2.05) is 4.90 Å². The zero-order chi connectivity index (χ0) is 21.4. The minimum absolute atomic E-state index is 0.158. The highest BCUT2D eigenvalue weighted by atomic mass is 16.5. The van der Waals surface area contributed by atoms with E-state index in [-0.39, 0.29) is 5.91 Å². The summed E-state index contributed by atoms with van der Waals surface area (Å²) in [4.78, 5) is 19.5. The molecule has 1 saturated carbocycles. The number of hydrogen-bond acceptors (Lipinski definition) is 4. The Morgan fingerprint density at radius 1 is 1.06 bits per heavy atom. The molecule has 1 saturated heterocycles. The summed E-state index contributed by atoms with van der Waals surface area (Å²) in [7, 11) is 0. The van der Waals surface area contributed by atoms with Crippen LogP contribution < -0.4 is 14.5 Å². The van der Waals surface area contributed by atoms with Crippen molar-refractivity contribution in [2.45, 2.75) is 44.1 Å². The molecule has 4 atom stereocenters. The molecule has 1 amide bonds. The van der Waals surface area contributed by atoms with Crippen molar-refractivity contribution in [3.63, 3.8) is 0 Å². The number of anilines is 2. The lowest BCUT2D eigenvalue weighted by molar-refractivity contribution is -0.116. The molecule has 0 bridgehead atoms. The number of nitrogens with zero attached hydrogens (tertiary/aromatic N) is 3. The lowest BCUT2D eigenvalue weighted by Gasteiger charge is -2.41. The van der Waals surface area contributed by atoms with E-state index in [9.17, 15) is 4.79 Å². The van der Waals surface area contributed by atoms with Crippen LogP contribution in [0.5, 0.6) is 5.75 Å². The van der Waals surface area contributed by atoms with E-state index in [1.54, 1.807) is 6.92 Å². The van der Waals surface area contributed by atoms with Gasteiger partial charge in [-0.1, -0.05) is 30.3 Å². The minimum atomic E-state index is 0.158. The van der Waals surface area contributed by atoms with Crippen molar-refractivity contribution >= 4 is 17.3 Å². The van der Waals surface area contributed by atoms with E-state index in [0.29, 0.717) is 17.9 Å². The van der Waals surface area contributed by atoms with E-state index >= 15 is 0 Å². The monoisotopic (exact) mass is 429 g/mol. The maximum absolute atomic E-state index is 12.2. The Bertz CT molecular complexity index is 1100. The zero-order valence-corrected chi connectivity index (χ0v) is 18.8. The van der Waals surface area contributed by atoms with Crippen molar-refractivity contribution < 1.29 is 9.53 Å². The van der Waals surface area contributed by atoms with Gasteiger partial charge in [-0.2, -0.15) is 0 Å². The third kappa shape index (κ3) is 2.76. The van der Waals surface area contributed by atoms with Crippen LogP contribution in [0.1, 0.15) is 48.3 Å². The largest absolute Gasteiger partial charge is 0.493 e. The number of ether oxygens (including phenoxy) is 1. The van der Waals surface area contributed by atoms with E-state index in [4.69, 9.17) is 4.74 Å². The average molecular weight is 430 g/mol. The summed E-state index contributed by atoms with van der Waals surface area (Å²) in [6.45, 7) is 7.84. The Labute approximate surface area is 189 Å². The van der Waals surface area contributed by atoms with Gasteiger partial charge in [0, 0.05) is 58.0 Å². The lowest BCUT2D eigenvalue weighted by Crippen LogP contribution is -2.50. The van der Waals surface area contributed by atoms with Crippen molar-refractivity contribution in [1.29, 1.82) is 0 Å². The molecule has 0 spiro atoms. The van der Waals surface area contributed by atoms with E-state index in [2.05, 4.69) is 46.2 Å². The normalized spacial score (nSPS) is 29.9. The number of amides is 1. The summed E-state index contributed by atoms with van der Waals surface area (Å²) >= 11 is 0. The van der Waals surface area contributed by atoms with Gasteiger partial charge in [0.05, 0.1) is 18.0 Å². The number of carbonyl (C=O) groups is 1. The van der Waals surface area contributed by atoms with Gasteiger partial charge in [0.1, 0.15) is 5.75 Å². The van der Waals surface area contributed by atoms with Crippen molar-refractivity contribution in [2.24, 2.45) is 5.92 Å². The molecule has 5 heteroatoms. The van der Waals surface area contributed by atoms with Gasteiger partial charge in [0.2, 0.25) is 5.91 Å². The molecule has 2 unspecified atom stereocenters. The smallest absolute Gasteiger partial charge is 0.223 e. The van der Waals surface area contributed by atoms with Gasteiger partial charge in [-0.15, -0.1) is 0 Å². The second-order valence-electron chi connectivity index (χ2n) is 10.3. The number of benzene rings is 2. The summed E-state index contributed by atoms with van der Waals surface area (Å²) in [5.74, 6) is 3.35. The maximum atomic E-state index is 12.2. The van der Waals surface area contributed by atoms with Gasteiger partial charge in [0.15, 0.2) is 0 Å². The van der Waals surface area contributed by atoms with E-state index in [1.165, 1.54) is 54.1 Å². The summed E-state index contributed by atoms with van der Waals surface area (Å²) < 4.78 is 5.98. The average Bonchev–Trinajstić information content (AvgIpc) is 3.25. The topological polar surface area (TPSA) is 36.0 Å². The first kappa shape index (κ1) is 19.0. The SMILES string of the molecule is CC(=O)N1CCN2c3c(cccc31)[C@@H]1CN(CC3CC3c3cccc4c3OCC4)CC[C@@H]12. The lowest BCUT2D eigenvalue weighted by atomic mass is 9.89. The standard InChI is InChI=1S/C27H31N3O2/c1-17(31)29-11-12-30-24-8-10-28(16-23(24)20-5-3-7-25(29)26(20)30)15-19-14-22(19)21-6-2-4-18-9-13-32-27(18)21/h2-7,19,22-24H,8-16H2,1H3/t19?,22?,23-,24-/m0/s1. The molecule has 2 fully saturated rings. The minimum Gasteiger partial charge on any atom is -0.493 e. The molecule has 5 aliphatic rings. The third-order valence-electron chi connectivity index (χ3n) is 8.59. The summed E-state index contributed by atoms with van der Waals surface area (Å²) in [6.07, 6.45) is 3.58.